The van der Waals surface area contributed by atoms with Gasteiger partial charge >= 0.3 is 0 Å². The van der Waals surface area contributed by atoms with Gasteiger partial charge in [0.25, 0.3) is 0 Å². The predicted octanol–water partition coefficient (Wildman–Crippen LogP) is 3.80. The summed E-state index contributed by atoms with van der Waals surface area (Å²) in [5.74, 6) is -0.0195. The minimum absolute atomic E-state index is 0.192. The molecule has 3 aromatic heterocycles. The molecule has 3 rings (SSSR count). The van der Waals surface area contributed by atoms with Gasteiger partial charge in [-0.15, -0.1) is 0 Å². The van der Waals surface area contributed by atoms with Gasteiger partial charge < -0.3 is 9.40 Å². The summed E-state index contributed by atoms with van der Waals surface area (Å²) in [4.78, 5) is 19.3. The van der Waals surface area contributed by atoms with E-state index in [-0.39, 0.29) is 16.8 Å². The van der Waals surface area contributed by atoms with E-state index in [1.54, 1.807) is 18.5 Å². The van der Waals surface area contributed by atoms with Crippen LogP contribution in [0.1, 0.15) is 16.1 Å². The number of aromatic nitrogens is 2. The molecule has 6 heteroatoms. The fraction of sp³-hybridized carbons (Fsp3) is 0. The Morgan fingerprint density at radius 1 is 1.44 bits per heavy atom. The van der Waals surface area contributed by atoms with Crippen LogP contribution in [0, 0.1) is 0 Å². The highest BCUT2D eigenvalue weighted by Crippen LogP contribution is 2.24. The van der Waals surface area contributed by atoms with E-state index >= 15 is 0 Å². The number of nitrogens with zero attached hydrogens (tertiary/aromatic N) is 1. The van der Waals surface area contributed by atoms with Crippen LogP contribution in [0.25, 0.3) is 11.0 Å². The molecule has 3 heterocycles. The predicted molar refractivity (Wildman–Crippen MR) is 70.9 cm³/mol. The first-order valence-electron chi connectivity index (χ1n) is 5.08. The van der Waals surface area contributed by atoms with Crippen molar-refractivity contribution in [2.45, 2.75) is 0 Å². The molecule has 0 unspecified atom stereocenters. The molecule has 0 aliphatic rings. The number of hydrogen-bond donors (Lipinski definition) is 1. The summed E-state index contributed by atoms with van der Waals surface area (Å²) in [7, 11) is 0. The van der Waals surface area contributed by atoms with Gasteiger partial charge in [-0.2, -0.15) is 0 Å². The fourth-order valence-electron chi connectivity index (χ4n) is 1.73. The highest BCUT2D eigenvalue weighted by Gasteiger charge is 2.18. The van der Waals surface area contributed by atoms with Gasteiger partial charge in [-0.25, -0.2) is 4.98 Å². The Kier molecular flexibility index (Phi) is 2.72. The smallest absolute Gasteiger partial charge is 0.230 e. The quantitative estimate of drug-likeness (QED) is 0.729. The van der Waals surface area contributed by atoms with E-state index in [0.29, 0.717) is 11.2 Å². The second-order valence-electron chi connectivity index (χ2n) is 3.68. The van der Waals surface area contributed by atoms with Crippen molar-refractivity contribution in [3.05, 3.63) is 51.6 Å². The van der Waals surface area contributed by atoms with Crippen LogP contribution < -0.4 is 0 Å². The summed E-state index contributed by atoms with van der Waals surface area (Å²) in [6.45, 7) is 0. The molecule has 0 aromatic carbocycles. The summed E-state index contributed by atoms with van der Waals surface area (Å²) in [6.07, 6.45) is 3.28. The van der Waals surface area contributed by atoms with Crippen LogP contribution >= 0.6 is 27.5 Å². The van der Waals surface area contributed by atoms with Gasteiger partial charge in [0, 0.05) is 22.3 Å². The number of aromatic amines is 1. The van der Waals surface area contributed by atoms with Crippen molar-refractivity contribution in [1.82, 2.24) is 9.97 Å². The lowest BCUT2D eigenvalue weighted by molar-refractivity contribution is 0.101. The maximum absolute atomic E-state index is 12.2. The number of fused-ring (bicyclic) bond motifs is 1. The second kappa shape index (κ2) is 4.26. The van der Waals surface area contributed by atoms with Crippen LogP contribution in [0.15, 0.2) is 39.5 Å². The second-order valence-corrected chi connectivity index (χ2v) is 4.97. The van der Waals surface area contributed by atoms with E-state index in [2.05, 4.69) is 25.9 Å². The van der Waals surface area contributed by atoms with Crippen LogP contribution in [0.5, 0.6) is 0 Å². The Bertz CT molecular complexity index is 747. The van der Waals surface area contributed by atoms with Crippen molar-refractivity contribution in [3.8, 4) is 0 Å². The van der Waals surface area contributed by atoms with Gasteiger partial charge in [0.05, 0.1) is 5.56 Å². The molecule has 18 heavy (non-hydrogen) atoms. The summed E-state index contributed by atoms with van der Waals surface area (Å²) in [5, 5.41) is 0.930. The highest BCUT2D eigenvalue weighted by molar-refractivity contribution is 9.10. The number of carbonyl (C=O) groups is 1. The average molecular weight is 326 g/mol. The van der Waals surface area contributed by atoms with Crippen molar-refractivity contribution in [1.29, 1.82) is 0 Å². The number of H-pyrrole nitrogens is 1. The molecule has 90 valence electrons. The summed E-state index contributed by atoms with van der Waals surface area (Å²) < 4.78 is 5.92. The lowest BCUT2D eigenvalue weighted by Gasteiger charge is -1.96. The largest absolute Gasteiger partial charge is 0.441 e. The first-order chi connectivity index (χ1) is 8.65. The zero-order chi connectivity index (χ0) is 12.7. The third kappa shape index (κ3) is 1.85. The Balaban J connectivity index is 2.14. The number of nitrogens with one attached hydrogen (secondary N) is 1. The highest BCUT2D eigenvalue weighted by atomic mass is 79.9. The lowest BCUT2D eigenvalue weighted by atomic mass is 10.1. The van der Waals surface area contributed by atoms with Crippen molar-refractivity contribution >= 4 is 44.3 Å². The summed E-state index contributed by atoms with van der Waals surface area (Å²) >= 11 is 8.99. The van der Waals surface area contributed by atoms with Gasteiger partial charge in [0.1, 0.15) is 5.65 Å². The van der Waals surface area contributed by atoms with E-state index in [1.807, 2.05) is 6.07 Å². The Hall–Kier alpha value is -1.59. The normalized spacial score (nSPS) is 11.0. The molecular weight excluding hydrogens is 320 g/mol. The fourth-order valence-corrected chi connectivity index (χ4v) is 2.21. The monoisotopic (exact) mass is 324 g/mol. The number of pyridine rings is 1. The molecule has 0 spiro atoms. The molecule has 0 saturated heterocycles. The first kappa shape index (κ1) is 11.5. The third-order valence-corrected chi connectivity index (χ3v) is 3.18. The molecule has 0 fully saturated rings. The van der Waals surface area contributed by atoms with E-state index in [4.69, 9.17) is 16.0 Å². The molecule has 0 aliphatic heterocycles. The van der Waals surface area contributed by atoms with Crippen molar-refractivity contribution in [2.75, 3.05) is 0 Å². The molecule has 1 N–H and O–H groups in total. The van der Waals surface area contributed by atoms with E-state index in [9.17, 15) is 4.79 Å². The Labute approximate surface area is 115 Å². The molecule has 0 radical (unpaired) electrons. The first-order valence-corrected chi connectivity index (χ1v) is 6.25. The molecule has 0 atom stereocenters. The molecule has 0 aliphatic carbocycles. The SMILES string of the molecule is O=C(c1ccc(Cl)o1)c1c[nH]c2ncc(Br)cc12. The van der Waals surface area contributed by atoms with Crippen LogP contribution in [0.4, 0.5) is 0 Å². The standard InChI is InChI=1S/C12H6BrClN2O2/c13-6-3-7-8(5-16-12(7)15-4-6)11(17)9-1-2-10(14)18-9/h1-5H,(H,15,16). The third-order valence-electron chi connectivity index (χ3n) is 2.54. The number of hydrogen-bond acceptors (Lipinski definition) is 3. The zero-order valence-electron chi connectivity index (χ0n) is 8.91. The summed E-state index contributed by atoms with van der Waals surface area (Å²) in [5.41, 5.74) is 1.16. The minimum atomic E-state index is -0.229. The number of ketones is 1. The average Bonchev–Trinajstić information content (AvgIpc) is 2.94. The number of halogens is 2. The molecule has 3 aromatic rings. The van der Waals surface area contributed by atoms with Gasteiger partial charge in [-0.1, -0.05) is 0 Å². The van der Waals surface area contributed by atoms with Gasteiger partial charge in [0.2, 0.25) is 5.78 Å². The topological polar surface area (TPSA) is 58.9 Å². The van der Waals surface area contributed by atoms with Crippen molar-refractivity contribution < 1.29 is 9.21 Å². The van der Waals surface area contributed by atoms with Gasteiger partial charge in [0.15, 0.2) is 11.0 Å². The van der Waals surface area contributed by atoms with Crippen LogP contribution in [-0.4, -0.2) is 15.8 Å². The van der Waals surface area contributed by atoms with Crippen LogP contribution in [0.3, 0.4) is 0 Å². The van der Waals surface area contributed by atoms with Crippen molar-refractivity contribution in [2.24, 2.45) is 0 Å². The minimum Gasteiger partial charge on any atom is -0.441 e. The van der Waals surface area contributed by atoms with Gasteiger partial charge in [-0.3, -0.25) is 4.79 Å². The molecule has 0 saturated carbocycles. The van der Waals surface area contributed by atoms with Crippen molar-refractivity contribution in [3.63, 3.8) is 0 Å². The lowest BCUT2D eigenvalue weighted by Crippen LogP contribution is -1.98. The molecular formula is C12H6BrClN2O2. The molecule has 0 amide bonds. The van der Waals surface area contributed by atoms with Crippen LogP contribution in [-0.2, 0) is 0 Å². The van der Waals surface area contributed by atoms with Crippen LogP contribution in [0.2, 0.25) is 5.22 Å². The van der Waals surface area contributed by atoms with Gasteiger partial charge in [-0.05, 0) is 45.7 Å². The maximum atomic E-state index is 12.2. The summed E-state index contributed by atoms with van der Waals surface area (Å²) in [6, 6.07) is 4.92. The van der Waals surface area contributed by atoms with E-state index < -0.39 is 0 Å². The molecule has 0 bridgehead atoms. The Morgan fingerprint density at radius 2 is 2.28 bits per heavy atom. The van der Waals surface area contributed by atoms with E-state index in [0.717, 1.165) is 9.86 Å². The number of rotatable bonds is 2. The zero-order valence-corrected chi connectivity index (χ0v) is 11.2. The number of furan rings is 1. The van der Waals surface area contributed by atoms with E-state index in [1.165, 1.54) is 6.07 Å². The number of carbonyl (C=O) groups excluding carboxylic acids is 1. The maximum Gasteiger partial charge on any atom is 0.230 e. The Morgan fingerprint density at radius 3 is 3.00 bits per heavy atom. The molecule has 4 nitrogen and oxygen atoms in total.